The first-order valence-electron chi connectivity index (χ1n) is 8.40. The number of carbonyl (C=O) groups is 1. The fraction of sp³-hybridized carbons (Fsp3) is 0.611. The van der Waals surface area contributed by atoms with Crippen molar-refractivity contribution < 1.29 is 14.3 Å². The van der Waals surface area contributed by atoms with Crippen molar-refractivity contribution in [3.8, 4) is 11.5 Å². The smallest absolute Gasteiger partial charge is 0.230 e. The highest BCUT2D eigenvalue weighted by molar-refractivity contribution is 5.87. The summed E-state index contributed by atoms with van der Waals surface area (Å²) >= 11 is 0. The molecular weight excluding hydrogens is 328 g/mol. The molecule has 0 aromatic heterocycles. The molecule has 1 aromatic rings. The van der Waals surface area contributed by atoms with E-state index >= 15 is 0 Å². The number of halogens is 1. The van der Waals surface area contributed by atoms with Crippen LogP contribution >= 0.6 is 12.4 Å². The summed E-state index contributed by atoms with van der Waals surface area (Å²) in [6.07, 6.45) is 3.07. The zero-order valence-corrected chi connectivity index (χ0v) is 15.6. The number of unbranched alkanes of at least 4 members (excludes halogenated alkanes) is 1. The van der Waals surface area contributed by atoms with Crippen LogP contribution in [-0.4, -0.2) is 31.7 Å². The molecular formula is C18H29ClN2O3. The van der Waals surface area contributed by atoms with E-state index in [1.54, 1.807) is 0 Å². The number of hydrogen-bond donors (Lipinski definition) is 2. The Bertz CT molecular complexity index is 549. The number of benzene rings is 1. The van der Waals surface area contributed by atoms with Gasteiger partial charge in [-0.1, -0.05) is 25.8 Å². The molecule has 2 rings (SSSR count). The monoisotopic (exact) mass is 356 g/mol. The maximum atomic E-state index is 12.7. The lowest BCUT2D eigenvalue weighted by atomic mass is 9.83. The van der Waals surface area contributed by atoms with Gasteiger partial charge in [0.15, 0.2) is 11.5 Å². The molecule has 136 valence electrons. The van der Waals surface area contributed by atoms with Gasteiger partial charge in [-0.3, -0.25) is 4.79 Å². The van der Waals surface area contributed by atoms with Gasteiger partial charge in [-0.05, 0) is 38.0 Å². The maximum Gasteiger partial charge on any atom is 0.230 e. The van der Waals surface area contributed by atoms with Crippen molar-refractivity contribution in [1.82, 2.24) is 5.32 Å². The van der Waals surface area contributed by atoms with Crippen molar-refractivity contribution >= 4 is 18.3 Å². The molecule has 24 heavy (non-hydrogen) atoms. The van der Waals surface area contributed by atoms with Crippen molar-refractivity contribution in [3.63, 3.8) is 0 Å². The van der Waals surface area contributed by atoms with Crippen LogP contribution in [0.4, 0.5) is 0 Å². The van der Waals surface area contributed by atoms with Crippen LogP contribution in [0, 0.1) is 0 Å². The number of nitrogens with two attached hydrogens (primary N) is 1. The van der Waals surface area contributed by atoms with E-state index in [4.69, 9.17) is 15.2 Å². The molecule has 0 bridgehead atoms. The normalized spacial score (nSPS) is 14.5. The first-order valence-corrected chi connectivity index (χ1v) is 8.40. The van der Waals surface area contributed by atoms with Gasteiger partial charge in [-0.15, -0.1) is 12.4 Å². The summed E-state index contributed by atoms with van der Waals surface area (Å²) in [6.45, 7) is 7.53. The van der Waals surface area contributed by atoms with Crippen LogP contribution < -0.4 is 20.5 Å². The summed E-state index contributed by atoms with van der Waals surface area (Å²) in [7, 11) is 0. The average Bonchev–Trinajstić information content (AvgIpc) is 2.57. The number of carbonyl (C=O) groups excluding carboxylic acids is 1. The Morgan fingerprint density at radius 2 is 1.96 bits per heavy atom. The number of amides is 1. The topological polar surface area (TPSA) is 73.6 Å². The van der Waals surface area contributed by atoms with Crippen LogP contribution in [0.5, 0.6) is 11.5 Å². The molecule has 3 N–H and O–H groups in total. The van der Waals surface area contributed by atoms with E-state index in [1.165, 1.54) is 0 Å². The Labute approximate surface area is 150 Å². The van der Waals surface area contributed by atoms with Crippen molar-refractivity contribution in [2.24, 2.45) is 5.73 Å². The summed E-state index contributed by atoms with van der Waals surface area (Å²) in [6, 6.07) is 5.73. The van der Waals surface area contributed by atoms with Gasteiger partial charge in [0.1, 0.15) is 13.2 Å². The molecule has 0 saturated heterocycles. The third kappa shape index (κ3) is 4.77. The minimum atomic E-state index is -0.657. The lowest BCUT2D eigenvalue weighted by Gasteiger charge is -2.29. The highest BCUT2D eigenvalue weighted by Gasteiger charge is 2.32. The predicted molar refractivity (Wildman–Crippen MR) is 98.2 cm³/mol. The standard InChI is InChI=1S/C18H28N2O3.ClH/c1-4-5-6-14(12-19)20-17(21)18(2,3)13-7-8-15-16(11-13)23-10-9-22-15;/h7-8,11,14H,4-6,9-10,12,19H2,1-3H3,(H,20,21);1H. The highest BCUT2D eigenvalue weighted by Crippen LogP contribution is 2.35. The SMILES string of the molecule is CCCCC(CN)NC(=O)C(C)(C)c1ccc2c(c1)OCCO2.Cl. The third-order valence-corrected chi connectivity index (χ3v) is 4.36. The van der Waals surface area contributed by atoms with Gasteiger partial charge in [0.25, 0.3) is 0 Å². The van der Waals surface area contributed by atoms with Crippen molar-refractivity contribution in [2.75, 3.05) is 19.8 Å². The number of rotatable bonds is 7. The molecule has 5 nitrogen and oxygen atoms in total. The Morgan fingerprint density at radius 1 is 1.29 bits per heavy atom. The van der Waals surface area contributed by atoms with Crippen molar-refractivity contribution in [3.05, 3.63) is 23.8 Å². The summed E-state index contributed by atoms with van der Waals surface area (Å²) in [5.41, 5.74) is 6.03. The maximum absolute atomic E-state index is 12.7. The van der Waals surface area contributed by atoms with E-state index < -0.39 is 5.41 Å². The van der Waals surface area contributed by atoms with E-state index in [0.29, 0.717) is 25.5 Å². The van der Waals surface area contributed by atoms with E-state index in [1.807, 2.05) is 32.0 Å². The number of hydrogen-bond acceptors (Lipinski definition) is 4. The second-order valence-electron chi connectivity index (χ2n) is 6.53. The van der Waals surface area contributed by atoms with Gasteiger partial charge in [-0.25, -0.2) is 0 Å². The second kappa shape index (κ2) is 9.14. The minimum absolute atomic E-state index is 0. The Morgan fingerprint density at radius 3 is 2.58 bits per heavy atom. The quantitative estimate of drug-likeness (QED) is 0.787. The fourth-order valence-corrected chi connectivity index (χ4v) is 2.63. The second-order valence-corrected chi connectivity index (χ2v) is 6.53. The van der Waals surface area contributed by atoms with E-state index in [-0.39, 0.29) is 24.4 Å². The van der Waals surface area contributed by atoms with E-state index in [2.05, 4.69) is 12.2 Å². The van der Waals surface area contributed by atoms with Crippen LogP contribution in [0.15, 0.2) is 18.2 Å². The lowest BCUT2D eigenvalue weighted by Crippen LogP contribution is -2.47. The number of nitrogens with one attached hydrogen (secondary N) is 1. The summed E-state index contributed by atoms with van der Waals surface area (Å²) in [5.74, 6) is 1.43. The number of fused-ring (bicyclic) bond motifs is 1. The Balaban J connectivity index is 0.00000288. The molecule has 1 unspecified atom stereocenters. The zero-order valence-electron chi connectivity index (χ0n) is 14.8. The zero-order chi connectivity index (χ0) is 16.9. The molecule has 1 heterocycles. The molecule has 0 aliphatic carbocycles. The van der Waals surface area contributed by atoms with Gasteiger partial charge in [-0.2, -0.15) is 0 Å². The molecule has 1 amide bonds. The Hall–Kier alpha value is -1.46. The van der Waals surface area contributed by atoms with E-state index in [9.17, 15) is 4.79 Å². The third-order valence-electron chi connectivity index (χ3n) is 4.36. The lowest BCUT2D eigenvalue weighted by molar-refractivity contribution is -0.126. The fourth-order valence-electron chi connectivity index (χ4n) is 2.63. The summed E-state index contributed by atoms with van der Waals surface area (Å²) in [5, 5.41) is 3.08. The largest absolute Gasteiger partial charge is 0.486 e. The highest BCUT2D eigenvalue weighted by atomic mass is 35.5. The van der Waals surface area contributed by atoms with Crippen LogP contribution in [-0.2, 0) is 10.2 Å². The van der Waals surface area contributed by atoms with Crippen molar-refractivity contribution in [2.45, 2.75) is 51.5 Å². The summed E-state index contributed by atoms with van der Waals surface area (Å²) in [4.78, 5) is 12.7. The summed E-state index contributed by atoms with van der Waals surface area (Å²) < 4.78 is 11.2. The number of ether oxygens (including phenoxy) is 2. The molecule has 1 aromatic carbocycles. The molecule has 1 aliphatic rings. The average molecular weight is 357 g/mol. The molecule has 6 heteroatoms. The van der Waals surface area contributed by atoms with Gasteiger partial charge in [0.2, 0.25) is 5.91 Å². The molecule has 0 fully saturated rings. The van der Waals surface area contributed by atoms with Gasteiger partial charge in [0.05, 0.1) is 5.41 Å². The molecule has 1 aliphatic heterocycles. The van der Waals surface area contributed by atoms with Gasteiger partial charge in [0, 0.05) is 12.6 Å². The Kier molecular flexibility index (Phi) is 7.84. The van der Waals surface area contributed by atoms with Crippen LogP contribution in [0.2, 0.25) is 0 Å². The van der Waals surface area contributed by atoms with Crippen LogP contribution in [0.3, 0.4) is 0 Å². The van der Waals surface area contributed by atoms with Crippen LogP contribution in [0.1, 0.15) is 45.6 Å². The first-order chi connectivity index (χ1) is 11.0. The molecule has 0 spiro atoms. The first kappa shape index (κ1) is 20.6. The molecule has 0 radical (unpaired) electrons. The van der Waals surface area contributed by atoms with Crippen molar-refractivity contribution in [1.29, 1.82) is 0 Å². The molecule has 0 saturated carbocycles. The predicted octanol–water partition coefficient (Wildman–Crippen LogP) is 2.79. The van der Waals surface area contributed by atoms with E-state index in [0.717, 1.165) is 30.6 Å². The minimum Gasteiger partial charge on any atom is -0.486 e. The molecule has 1 atom stereocenters. The van der Waals surface area contributed by atoms with Gasteiger partial charge >= 0.3 is 0 Å². The van der Waals surface area contributed by atoms with Gasteiger partial charge < -0.3 is 20.5 Å². The van der Waals surface area contributed by atoms with Crippen LogP contribution in [0.25, 0.3) is 0 Å².